The lowest BCUT2D eigenvalue weighted by Gasteiger charge is -2.23. The van der Waals surface area contributed by atoms with E-state index in [9.17, 15) is 14.4 Å². The van der Waals surface area contributed by atoms with Crippen LogP contribution in [0.25, 0.3) is 0 Å². The Hall–Kier alpha value is -1.79. The van der Waals surface area contributed by atoms with Crippen LogP contribution in [-0.2, 0) is 15.1 Å². The predicted molar refractivity (Wildman–Crippen MR) is 94.4 cm³/mol. The average Bonchev–Trinajstić information content (AvgIpc) is 3.33. The molecule has 3 rings (SSSR count). The molecule has 134 valence electrons. The molecule has 1 heterocycles. The molecule has 1 aromatic carbocycles. The van der Waals surface area contributed by atoms with Gasteiger partial charge in [-0.25, -0.2) is 4.79 Å². The van der Waals surface area contributed by atoms with Crippen LogP contribution in [0.2, 0.25) is 10.0 Å². The summed E-state index contributed by atoms with van der Waals surface area (Å²) in [4.78, 5) is 38.2. The Labute approximate surface area is 155 Å². The quantitative estimate of drug-likeness (QED) is 0.767. The number of amides is 4. The van der Waals surface area contributed by atoms with Gasteiger partial charge in [-0.05, 0) is 44.7 Å². The second kappa shape index (κ2) is 6.50. The zero-order valence-corrected chi connectivity index (χ0v) is 15.4. The van der Waals surface area contributed by atoms with Crippen molar-refractivity contribution < 1.29 is 14.4 Å². The average molecular weight is 384 g/mol. The van der Waals surface area contributed by atoms with Gasteiger partial charge in [0.1, 0.15) is 12.1 Å². The van der Waals surface area contributed by atoms with E-state index in [4.69, 9.17) is 23.2 Å². The van der Waals surface area contributed by atoms with Crippen molar-refractivity contribution in [3.63, 3.8) is 0 Å². The van der Waals surface area contributed by atoms with Gasteiger partial charge in [0.15, 0.2) is 0 Å². The summed E-state index contributed by atoms with van der Waals surface area (Å²) in [6.45, 7) is 3.18. The molecule has 0 aromatic heterocycles. The summed E-state index contributed by atoms with van der Waals surface area (Å²) < 4.78 is 0. The highest BCUT2D eigenvalue weighted by Gasteiger charge is 2.50. The molecule has 1 aromatic rings. The number of urea groups is 1. The fraction of sp³-hybridized carbons (Fsp3) is 0.471. The number of hydrogen-bond donors (Lipinski definition) is 2. The Kier molecular flexibility index (Phi) is 4.68. The zero-order valence-electron chi connectivity index (χ0n) is 13.9. The smallest absolute Gasteiger partial charge is 0.325 e. The number of carbonyl (C=O) groups is 3. The van der Waals surface area contributed by atoms with Crippen LogP contribution < -0.4 is 10.6 Å². The summed E-state index contributed by atoms with van der Waals surface area (Å²) in [6.07, 6.45) is 2.19. The molecule has 0 bridgehead atoms. The molecule has 2 aliphatic rings. The summed E-state index contributed by atoms with van der Waals surface area (Å²) in [7, 11) is 0. The first kappa shape index (κ1) is 18.0. The summed E-state index contributed by atoms with van der Waals surface area (Å²) in [5.74, 6) is -0.379. The topological polar surface area (TPSA) is 78.5 Å². The molecule has 1 aliphatic heterocycles. The van der Waals surface area contributed by atoms with E-state index in [0.29, 0.717) is 16.5 Å². The molecule has 2 atom stereocenters. The maximum atomic E-state index is 12.8. The van der Waals surface area contributed by atoms with Gasteiger partial charge in [-0.15, -0.1) is 0 Å². The molecular weight excluding hydrogens is 365 g/mol. The molecule has 0 radical (unpaired) electrons. The number of imide groups is 1. The van der Waals surface area contributed by atoms with Gasteiger partial charge in [-0.3, -0.25) is 14.5 Å². The molecule has 0 unspecified atom stereocenters. The van der Waals surface area contributed by atoms with Crippen molar-refractivity contribution >= 4 is 41.0 Å². The van der Waals surface area contributed by atoms with Gasteiger partial charge in [0.05, 0.1) is 0 Å². The van der Waals surface area contributed by atoms with E-state index < -0.39 is 17.5 Å². The molecule has 6 nitrogen and oxygen atoms in total. The monoisotopic (exact) mass is 383 g/mol. The Morgan fingerprint density at radius 1 is 1.40 bits per heavy atom. The van der Waals surface area contributed by atoms with Gasteiger partial charge in [0.2, 0.25) is 5.91 Å². The van der Waals surface area contributed by atoms with E-state index in [1.54, 1.807) is 19.1 Å². The Morgan fingerprint density at radius 2 is 2.08 bits per heavy atom. The van der Waals surface area contributed by atoms with E-state index in [-0.39, 0.29) is 23.5 Å². The maximum absolute atomic E-state index is 12.8. The third-order valence-corrected chi connectivity index (χ3v) is 5.31. The molecule has 1 saturated carbocycles. The minimum atomic E-state index is -1.33. The highest BCUT2D eigenvalue weighted by atomic mass is 35.5. The molecule has 4 amide bonds. The highest BCUT2D eigenvalue weighted by molar-refractivity contribution is 6.35. The van der Waals surface area contributed by atoms with Crippen LogP contribution in [0.3, 0.4) is 0 Å². The Balaban J connectivity index is 1.76. The van der Waals surface area contributed by atoms with Crippen LogP contribution in [0.4, 0.5) is 4.79 Å². The molecule has 1 saturated heterocycles. The number of rotatable bonds is 5. The largest absolute Gasteiger partial charge is 0.352 e. The van der Waals surface area contributed by atoms with E-state index in [0.717, 1.165) is 17.7 Å². The van der Waals surface area contributed by atoms with Gasteiger partial charge in [0, 0.05) is 21.7 Å². The van der Waals surface area contributed by atoms with E-state index >= 15 is 0 Å². The second-order valence-corrected chi connectivity index (χ2v) is 7.61. The van der Waals surface area contributed by atoms with E-state index in [2.05, 4.69) is 10.6 Å². The Bertz CT molecular complexity index is 751. The minimum Gasteiger partial charge on any atom is -0.352 e. The Morgan fingerprint density at radius 3 is 2.68 bits per heavy atom. The lowest BCUT2D eigenvalue weighted by molar-refractivity contribution is -0.135. The number of hydrogen-bond acceptors (Lipinski definition) is 3. The van der Waals surface area contributed by atoms with Crippen LogP contribution in [-0.4, -0.2) is 35.3 Å². The van der Waals surface area contributed by atoms with Crippen molar-refractivity contribution in [3.8, 4) is 0 Å². The van der Waals surface area contributed by atoms with Crippen molar-refractivity contribution in [2.24, 2.45) is 5.92 Å². The third kappa shape index (κ3) is 3.46. The van der Waals surface area contributed by atoms with Gasteiger partial charge >= 0.3 is 6.03 Å². The molecule has 8 heteroatoms. The highest BCUT2D eigenvalue weighted by Crippen LogP contribution is 2.35. The fourth-order valence-electron chi connectivity index (χ4n) is 3.08. The number of nitrogens with one attached hydrogen (secondary N) is 2. The third-order valence-electron chi connectivity index (χ3n) is 4.76. The van der Waals surface area contributed by atoms with Gasteiger partial charge in [-0.1, -0.05) is 29.3 Å². The molecule has 25 heavy (non-hydrogen) atoms. The van der Waals surface area contributed by atoms with Crippen LogP contribution in [0, 0.1) is 5.92 Å². The van der Waals surface area contributed by atoms with E-state index in [1.807, 2.05) is 6.92 Å². The minimum absolute atomic E-state index is 0.0466. The number of benzene rings is 1. The first-order valence-electron chi connectivity index (χ1n) is 8.11. The van der Waals surface area contributed by atoms with Crippen molar-refractivity contribution in [2.45, 2.75) is 38.3 Å². The summed E-state index contributed by atoms with van der Waals surface area (Å²) in [5, 5.41) is 6.18. The van der Waals surface area contributed by atoms with E-state index in [1.165, 1.54) is 6.07 Å². The first-order valence-corrected chi connectivity index (χ1v) is 8.87. The van der Waals surface area contributed by atoms with Crippen LogP contribution in [0.1, 0.15) is 32.3 Å². The predicted octanol–water partition coefficient (Wildman–Crippen LogP) is 2.68. The fourth-order valence-corrected chi connectivity index (χ4v) is 3.67. The summed E-state index contributed by atoms with van der Waals surface area (Å²) in [5.41, 5.74) is -0.896. The number of carbonyl (C=O) groups excluding carboxylic acids is 3. The first-order chi connectivity index (χ1) is 11.7. The zero-order chi connectivity index (χ0) is 18.4. The molecule has 1 aliphatic carbocycles. The SMILES string of the molecule is C[C@H](NC(=O)CN1C(=O)N[C@](C)(c2ccc(Cl)cc2Cl)C1=O)C1CC1. The van der Waals surface area contributed by atoms with Crippen molar-refractivity contribution in [3.05, 3.63) is 33.8 Å². The van der Waals surface area contributed by atoms with Gasteiger partial charge < -0.3 is 10.6 Å². The normalized spacial score (nSPS) is 24.2. The summed E-state index contributed by atoms with van der Waals surface area (Å²) in [6, 6.07) is 4.13. The second-order valence-electron chi connectivity index (χ2n) is 6.76. The number of nitrogens with zero attached hydrogens (tertiary/aromatic N) is 1. The number of halogens is 2. The van der Waals surface area contributed by atoms with Crippen LogP contribution in [0.15, 0.2) is 18.2 Å². The van der Waals surface area contributed by atoms with Crippen molar-refractivity contribution in [2.75, 3.05) is 6.54 Å². The lowest BCUT2D eigenvalue weighted by Crippen LogP contribution is -2.45. The molecular formula is C17H19Cl2N3O3. The lowest BCUT2D eigenvalue weighted by atomic mass is 9.92. The van der Waals surface area contributed by atoms with Gasteiger partial charge in [-0.2, -0.15) is 0 Å². The maximum Gasteiger partial charge on any atom is 0.325 e. The van der Waals surface area contributed by atoms with Crippen molar-refractivity contribution in [1.29, 1.82) is 0 Å². The standard InChI is InChI=1S/C17H19Cl2N3O3/c1-9(10-3-4-10)20-14(23)8-22-15(24)17(2,21-16(22)25)12-6-5-11(18)7-13(12)19/h5-7,9-10H,3-4,8H2,1-2H3,(H,20,23)(H,21,25)/t9-,17+/m0/s1. The molecule has 2 N–H and O–H groups in total. The molecule has 0 spiro atoms. The molecule has 2 fully saturated rings. The van der Waals surface area contributed by atoms with Crippen LogP contribution >= 0.6 is 23.2 Å². The van der Waals surface area contributed by atoms with Crippen molar-refractivity contribution in [1.82, 2.24) is 15.5 Å². The summed E-state index contributed by atoms with van der Waals surface area (Å²) >= 11 is 12.1. The van der Waals surface area contributed by atoms with Crippen LogP contribution in [0.5, 0.6) is 0 Å². The van der Waals surface area contributed by atoms with Gasteiger partial charge in [0.25, 0.3) is 5.91 Å².